The fourth-order valence-corrected chi connectivity index (χ4v) is 7.18. The van der Waals surface area contributed by atoms with Gasteiger partial charge in [-0.2, -0.15) is 0 Å². The molecular formula is C44H43N7O2. The van der Waals surface area contributed by atoms with Gasteiger partial charge in [-0.15, -0.1) is 5.10 Å². The predicted molar refractivity (Wildman–Crippen MR) is 209 cm³/mol. The number of tetrazole rings is 1. The zero-order valence-electron chi connectivity index (χ0n) is 30.6. The molecule has 53 heavy (non-hydrogen) atoms. The number of rotatable bonds is 13. The normalized spacial score (nSPS) is 11.4. The van der Waals surface area contributed by atoms with Gasteiger partial charge in [-0.25, -0.2) is 14.5 Å². The molecule has 0 saturated heterocycles. The van der Waals surface area contributed by atoms with E-state index in [9.17, 15) is 4.79 Å². The van der Waals surface area contributed by atoms with Crippen molar-refractivity contribution in [3.8, 4) is 22.5 Å². The van der Waals surface area contributed by atoms with Gasteiger partial charge in [-0.05, 0) is 50.2 Å². The van der Waals surface area contributed by atoms with E-state index in [1.807, 2.05) is 58.6 Å². The summed E-state index contributed by atoms with van der Waals surface area (Å²) >= 11 is 0. The third kappa shape index (κ3) is 6.62. The van der Waals surface area contributed by atoms with Crippen molar-refractivity contribution in [2.45, 2.75) is 38.3 Å². The predicted octanol–water partition coefficient (Wildman–Crippen LogP) is 8.29. The first kappa shape index (κ1) is 35.1. The summed E-state index contributed by atoms with van der Waals surface area (Å²) < 4.78 is 9.19. The number of carbonyl (C=O) groups excluding carboxylic acids is 1. The summed E-state index contributed by atoms with van der Waals surface area (Å²) in [5.41, 5.74) is 6.65. The largest absolute Gasteiger partial charge is 0.464 e. The molecule has 0 amide bonds. The molecule has 0 spiro atoms. The number of unbranched alkanes of at least 4 members (excludes halogenated alkanes) is 1. The Bertz CT molecular complexity index is 2180. The first-order chi connectivity index (χ1) is 26.0. The molecule has 7 aromatic rings. The highest BCUT2D eigenvalue weighted by Gasteiger charge is 2.42. The summed E-state index contributed by atoms with van der Waals surface area (Å²) in [6, 6.07) is 47.9. The summed E-state index contributed by atoms with van der Waals surface area (Å²) in [6.45, 7) is 2.64. The molecule has 0 aliphatic rings. The molecule has 0 unspecified atom stereocenters. The Labute approximate surface area is 310 Å². The monoisotopic (exact) mass is 701 g/mol. The lowest BCUT2D eigenvalue weighted by Crippen LogP contribution is -2.39. The molecule has 0 aliphatic heterocycles. The molecule has 9 heteroatoms. The van der Waals surface area contributed by atoms with Crippen molar-refractivity contribution in [3.63, 3.8) is 0 Å². The van der Waals surface area contributed by atoms with Crippen LogP contribution in [0.15, 0.2) is 140 Å². The molecule has 0 bridgehead atoms. The maximum Gasteiger partial charge on any atom is 0.358 e. The number of aryl methyl sites for hydroxylation is 1. The summed E-state index contributed by atoms with van der Waals surface area (Å²) in [5, 5.41) is 13.8. The van der Waals surface area contributed by atoms with Crippen LogP contribution in [0.1, 0.15) is 58.3 Å². The lowest BCUT2D eigenvalue weighted by atomic mass is 9.77. The van der Waals surface area contributed by atoms with Crippen LogP contribution >= 0.6 is 0 Å². The molecule has 7 rings (SSSR count). The zero-order valence-corrected chi connectivity index (χ0v) is 30.6. The van der Waals surface area contributed by atoms with E-state index in [4.69, 9.17) is 20.0 Å². The van der Waals surface area contributed by atoms with Crippen LogP contribution in [-0.4, -0.2) is 56.9 Å². The first-order valence-electron chi connectivity index (χ1n) is 18.0. The summed E-state index contributed by atoms with van der Waals surface area (Å²) in [7, 11) is 5.21. The second-order valence-electron chi connectivity index (χ2n) is 13.2. The van der Waals surface area contributed by atoms with Crippen LogP contribution in [0.25, 0.3) is 22.5 Å². The van der Waals surface area contributed by atoms with E-state index in [1.165, 1.54) is 7.11 Å². The number of nitrogens with zero attached hydrogens (tertiary/aromatic N) is 7. The zero-order chi connectivity index (χ0) is 36.8. The number of methoxy groups -OCH3 is 1. The van der Waals surface area contributed by atoms with Gasteiger partial charge in [-0.1, -0.05) is 153 Å². The van der Waals surface area contributed by atoms with E-state index in [1.54, 1.807) is 0 Å². The molecule has 9 nitrogen and oxygen atoms in total. The maximum absolute atomic E-state index is 13.1. The average molecular weight is 702 g/mol. The Morgan fingerprint density at radius 2 is 1.28 bits per heavy atom. The fourth-order valence-electron chi connectivity index (χ4n) is 7.18. The number of benzene rings is 5. The summed E-state index contributed by atoms with van der Waals surface area (Å²) in [4.78, 5) is 19.8. The molecule has 2 aromatic heterocycles. The van der Waals surface area contributed by atoms with Gasteiger partial charge < -0.3 is 14.2 Å². The van der Waals surface area contributed by atoms with Crippen molar-refractivity contribution in [2.75, 3.05) is 26.1 Å². The second kappa shape index (κ2) is 15.5. The van der Waals surface area contributed by atoms with Gasteiger partial charge in [0.2, 0.25) is 0 Å². The lowest BCUT2D eigenvalue weighted by molar-refractivity contribution is 0.0589. The smallest absolute Gasteiger partial charge is 0.358 e. The van der Waals surface area contributed by atoms with Crippen molar-refractivity contribution in [1.29, 1.82) is 0 Å². The minimum atomic E-state index is -0.872. The molecule has 0 aliphatic carbocycles. The minimum Gasteiger partial charge on any atom is -0.464 e. The van der Waals surface area contributed by atoms with Gasteiger partial charge in [-0.3, -0.25) is 0 Å². The Morgan fingerprint density at radius 1 is 0.736 bits per heavy atom. The minimum absolute atomic E-state index is 0.398. The van der Waals surface area contributed by atoms with E-state index in [0.29, 0.717) is 23.9 Å². The van der Waals surface area contributed by atoms with Gasteiger partial charge in [0.15, 0.2) is 17.3 Å². The Balaban J connectivity index is 1.33. The van der Waals surface area contributed by atoms with Crippen LogP contribution < -0.4 is 4.90 Å². The first-order valence-corrected chi connectivity index (χ1v) is 18.0. The van der Waals surface area contributed by atoms with Crippen LogP contribution in [0, 0.1) is 0 Å². The van der Waals surface area contributed by atoms with Crippen LogP contribution in [0.2, 0.25) is 0 Å². The SMILES string of the molecule is CCCCc1nc(N(C)C)c(C(=O)OC)n1Cc1ccc(-c2ccccc2-c2nnnn2C(c2ccccc2)(c2ccccc2)c2ccccc2)cc1. The second-order valence-corrected chi connectivity index (χ2v) is 13.2. The van der Waals surface area contributed by atoms with Crippen LogP contribution in [0.4, 0.5) is 5.82 Å². The molecule has 0 saturated carbocycles. The van der Waals surface area contributed by atoms with Gasteiger partial charge in [0.25, 0.3) is 0 Å². The van der Waals surface area contributed by atoms with Crippen molar-refractivity contribution in [2.24, 2.45) is 0 Å². The number of carbonyl (C=O) groups is 1. The average Bonchev–Trinajstić information content (AvgIpc) is 3.84. The van der Waals surface area contributed by atoms with E-state index >= 15 is 0 Å². The molecule has 2 heterocycles. The number of esters is 1. The van der Waals surface area contributed by atoms with E-state index in [2.05, 4.69) is 121 Å². The van der Waals surface area contributed by atoms with E-state index in [-0.39, 0.29) is 0 Å². The number of aromatic nitrogens is 6. The van der Waals surface area contributed by atoms with Gasteiger partial charge >= 0.3 is 5.97 Å². The van der Waals surface area contributed by atoms with E-state index in [0.717, 1.165) is 64.0 Å². The van der Waals surface area contributed by atoms with E-state index < -0.39 is 11.5 Å². The number of anilines is 1. The lowest BCUT2D eigenvalue weighted by Gasteiger charge is -2.36. The van der Waals surface area contributed by atoms with Crippen molar-refractivity contribution >= 4 is 11.8 Å². The maximum atomic E-state index is 13.1. The third-order valence-corrected chi connectivity index (χ3v) is 9.72. The van der Waals surface area contributed by atoms with Crippen LogP contribution in [0.5, 0.6) is 0 Å². The molecule has 0 fully saturated rings. The molecule has 266 valence electrons. The quantitative estimate of drug-likeness (QED) is 0.0883. The Hall–Kier alpha value is -6.35. The molecule has 0 atom stereocenters. The highest BCUT2D eigenvalue weighted by atomic mass is 16.5. The van der Waals surface area contributed by atoms with Gasteiger partial charge in [0, 0.05) is 32.6 Å². The molecule has 5 aromatic carbocycles. The van der Waals surface area contributed by atoms with Gasteiger partial charge in [0.05, 0.1) is 7.11 Å². The number of hydrogen-bond acceptors (Lipinski definition) is 7. The topological polar surface area (TPSA) is 91.0 Å². The number of ether oxygens (including phenoxy) is 1. The van der Waals surface area contributed by atoms with Gasteiger partial charge in [0.1, 0.15) is 11.4 Å². The van der Waals surface area contributed by atoms with Crippen LogP contribution in [0.3, 0.4) is 0 Å². The fraction of sp³-hybridized carbons (Fsp3) is 0.205. The summed E-state index contributed by atoms with van der Waals surface area (Å²) in [5.74, 6) is 1.73. The highest BCUT2D eigenvalue weighted by Crippen LogP contribution is 2.43. The van der Waals surface area contributed by atoms with Crippen molar-refractivity contribution in [3.05, 3.63) is 173 Å². The van der Waals surface area contributed by atoms with Crippen molar-refractivity contribution < 1.29 is 9.53 Å². The van der Waals surface area contributed by atoms with Crippen molar-refractivity contribution in [1.82, 2.24) is 29.8 Å². The molecular weight excluding hydrogens is 659 g/mol. The number of imidazole rings is 1. The molecule has 0 N–H and O–H groups in total. The Morgan fingerprint density at radius 3 is 1.81 bits per heavy atom. The summed E-state index contributed by atoms with van der Waals surface area (Å²) in [6.07, 6.45) is 2.77. The van der Waals surface area contributed by atoms with Crippen LogP contribution in [-0.2, 0) is 23.2 Å². The number of hydrogen-bond donors (Lipinski definition) is 0. The highest BCUT2D eigenvalue weighted by molar-refractivity contribution is 5.93. The standard InChI is InChI=1S/C44H43N7O2/c1-5-6-26-39-45-42(49(2)3)40(43(52)53-4)50(39)31-32-27-29-33(30-28-32)37-24-16-17-25-38(37)41-46-47-48-51(41)44(34-18-10-7-11-19-34,35-20-12-8-13-21-35)36-22-14-9-15-23-36/h7-25,27-30H,5-6,26,31H2,1-4H3. The third-order valence-electron chi connectivity index (χ3n) is 9.72. The Kier molecular flexibility index (Phi) is 10.2. The molecule has 0 radical (unpaired) electrons.